The summed E-state index contributed by atoms with van der Waals surface area (Å²) in [6.07, 6.45) is 0. The molecule has 3 aromatic carbocycles. The minimum absolute atomic E-state index is 0.00901. The van der Waals surface area contributed by atoms with Gasteiger partial charge in [-0.3, -0.25) is 4.79 Å². The van der Waals surface area contributed by atoms with E-state index in [1.54, 1.807) is 12.1 Å². The van der Waals surface area contributed by atoms with Crippen molar-refractivity contribution in [3.8, 4) is 0 Å². The molecule has 0 aliphatic heterocycles. The van der Waals surface area contributed by atoms with Gasteiger partial charge in [-0.25, -0.2) is 9.59 Å². The van der Waals surface area contributed by atoms with Crippen LogP contribution in [0.4, 0.5) is 11.4 Å². The predicted molar refractivity (Wildman–Crippen MR) is 111 cm³/mol. The first-order chi connectivity index (χ1) is 13.8. The lowest BCUT2D eigenvalue weighted by atomic mass is 10.1. The summed E-state index contributed by atoms with van der Waals surface area (Å²) < 4.78 is 4.92. The van der Waals surface area contributed by atoms with Crippen LogP contribution in [0.3, 0.4) is 0 Å². The molecule has 1 amide bonds. The van der Waals surface area contributed by atoms with Crippen molar-refractivity contribution in [2.24, 2.45) is 0 Å². The fourth-order valence-corrected chi connectivity index (χ4v) is 2.95. The highest BCUT2D eigenvalue weighted by Gasteiger charge is 2.20. The zero-order chi connectivity index (χ0) is 21.0. The molecule has 0 aliphatic carbocycles. The number of nitrogen functional groups attached to an aromatic ring is 1. The van der Waals surface area contributed by atoms with Crippen LogP contribution in [0.2, 0.25) is 10.0 Å². The maximum absolute atomic E-state index is 12.5. The number of ether oxygens (including phenoxy) is 1. The van der Waals surface area contributed by atoms with Gasteiger partial charge < -0.3 is 15.8 Å². The third-order valence-electron chi connectivity index (χ3n) is 3.90. The average molecular weight is 429 g/mol. The number of halogens is 2. The molecular formula is C21H14Cl2N2O4. The molecule has 0 radical (unpaired) electrons. The summed E-state index contributed by atoms with van der Waals surface area (Å²) in [5, 5.41) is 3.14. The van der Waals surface area contributed by atoms with Gasteiger partial charge in [-0.2, -0.15) is 0 Å². The first kappa shape index (κ1) is 20.4. The molecule has 0 heterocycles. The number of hydrogen-bond acceptors (Lipinski definition) is 5. The Morgan fingerprint density at radius 3 is 2.21 bits per heavy atom. The van der Waals surface area contributed by atoms with Gasteiger partial charge in [0.1, 0.15) is 0 Å². The largest absolute Gasteiger partial charge is 0.399 e. The van der Waals surface area contributed by atoms with E-state index in [2.05, 4.69) is 5.32 Å². The normalized spacial score (nSPS) is 10.3. The van der Waals surface area contributed by atoms with Gasteiger partial charge in [0.2, 0.25) is 0 Å². The summed E-state index contributed by atoms with van der Waals surface area (Å²) in [6, 6.07) is 16.5. The van der Waals surface area contributed by atoms with Crippen LogP contribution in [0.15, 0.2) is 66.7 Å². The Morgan fingerprint density at radius 2 is 1.52 bits per heavy atom. The third-order valence-corrected chi connectivity index (χ3v) is 4.45. The quantitative estimate of drug-likeness (QED) is 0.352. The summed E-state index contributed by atoms with van der Waals surface area (Å²) in [7, 11) is 0. The molecular weight excluding hydrogens is 415 g/mol. The van der Waals surface area contributed by atoms with Gasteiger partial charge in [0, 0.05) is 10.7 Å². The Labute approximate surface area is 176 Å². The Kier molecular flexibility index (Phi) is 6.16. The maximum atomic E-state index is 12.5. The lowest BCUT2D eigenvalue weighted by Gasteiger charge is -2.11. The number of carbonyl (C=O) groups is 3. The fourth-order valence-electron chi connectivity index (χ4n) is 2.45. The second-order valence-corrected chi connectivity index (χ2v) is 6.77. The number of nitrogens with one attached hydrogen (secondary N) is 1. The molecule has 0 atom stereocenters. The molecule has 3 aromatic rings. The molecule has 6 nitrogen and oxygen atoms in total. The zero-order valence-electron chi connectivity index (χ0n) is 14.8. The van der Waals surface area contributed by atoms with Crippen LogP contribution in [-0.4, -0.2) is 17.8 Å². The van der Waals surface area contributed by atoms with Crippen LogP contribution in [-0.2, 0) is 4.74 Å². The van der Waals surface area contributed by atoms with E-state index in [0.29, 0.717) is 10.7 Å². The Hall–Kier alpha value is -3.35. The van der Waals surface area contributed by atoms with Crippen molar-refractivity contribution in [2.75, 3.05) is 11.1 Å². The lowest BCUT2D eigenvalue weighted by Crippen LogP contribution is -2.18. The van der Waals surface area contributed by atoms with Gasteiger partial charge in [0.25, 0.3) is 5.91 Å². The average Bonchev–Trinajstić information content (AvgIpc) is 2.68. The van der Waals surface area contributed by atoms with Crippen molar-refractivity contribution in [2.45, 2.75) is 0 Å². The monoisotopic (exact) mass is 428 g/mol. The Morgan fingerprint density at radius 1 is 0.828 bits per heavy atom. The van der Waals surface area contributed by atoms with Crippen molar-refractivity contribution in [1.82, 2.24) is 0 Å². The van der Waals surface area contributed by atoms with E-state index in [0.717, 1.165) is 0 Å². The van der Waals surface area contributed by atoms with Crippen LogP contribution >= 0.6 is 23.2 Å². The van der Waals surface area contributed by atoms with Gasteiger partial charge in [-0.05, 0) is 54.6 Å². The topological polar surface area (TPSA) is 98.5 Å². The first-order valence-electron chi connectivity index (χ1n) is 8.32. The molecule has 29 heavy (non-hydrogen) atoms. The van der Waals surface area contributed by atoms with E-state index in [-0.39, 0.29) is 27.4 Å². The highest BCUT2D eigenvalue weighted by atomic mass is 35.5. The number of carbonyl (C=O) groups excluding carboxylic acids is 3. The summed E-state index contributed by atoms with van der Waals surface area (Å²) in [5.41, 5.74) is 6.57. The second-order valence-electron chi connectivity index (χ2n) is 5.92. The van der Waals surface area contributed by atoms with Crippen molar-refractivity contribution in [1.29, 1.82) is 0 Å². The van der Waals surface area contributed by atoms with Crippen LogP contribution in [0.25, 0.3) is 0 Å². The number of nitrogens with two attached hydrogens (primary N) is 1. The van der Waals surface area contributed by atoms with Gasteiger partial charge in [0.05, 0.1) is 27.4 Å². The van der Waals surface area contributed by atoms with Crippen LogP contribution in [0.5, 0.6) is 0 Å². The lowest BCUT2D eigenvalue weighted by molar-refractivity contribution is 0.0398. The highest BCUT2D eigenvalue weighted by molar-refractivity contribution is 6.37. The minimum atomic E-state index is -0.912. The minimum Gasteiger partial charge on any atom is -0.399 e. The second kappa shape index (κ2) is 8.77. The van der Waals surface area contributed by atoms with Gasteiger partial charge in [-0.1, -0.05) is 35.3 Å². The number of para-hydroxylation sites is 1. The molecule has 3 rings (SSSR count). The van der Waals surface area contributed by atoms with Gasteiger partial charge in [0.15, 0.2) is 0 Å². The van der Waals surface area contributed by atoms with E-state index in [1.165, 1.54) is 54.6 Å². The summed E-state index contributed by atoms with van der Waals surface area (Å²) in [4.78, 5) is 37.2. The van der Waals surface area contributed by atoms with Gasteiger partial charge in [-0.15, -0.1) is 0 Å². The molecule has 0 aromatic heterocycles. The molecule has 8 heteroatoms. The van der Waals surface area contributed by atoms with E-state index in [1.807, 2.05) is 0 Å². The van der Waals surface area contributed by atoms with Crippen molar-refractivity contribution < 1.29 is 19.1 Å². The van der Waals surface area contributed by atoms with Crippen LogP contribution in [0.1, 0.15) is 31.1 Å². The first-order valence-corrected chi connectivity index (χ1v) is 9.08. The number of anilines is 2. The Balaban J connectivity index is 1.79. The smallest absolute Gasteiger partial charge is 0.348 e. The predicted octanol–water partition coefficient (Wildman–Crippen LogP) is 4.83. The Bertz CT molecular complexity index is 1100. The van der Waals surface area contributed by atoms with Crippen molar-refractivity contribution in [3.63, 3.8) is 0 Å². The van der Waals surface area contributed by atoms with Crippen LogP contribution < -0.4 is 11.1 Å². The molecule has 0 aliphatic rings. The molecule has 3 N–H and O–H groups in total. The fraction of sp³-hybridized carbons (Fsp3) is 0. The van der Waals surface area contributed by atoms with Crippen LogP contribution in [0, 0.1) is 0 Å². The molecule has 0 spiro atoms. The number of benzene rings is 3. The maximum Gasteiger partial charge on any atom is 0.348 e. The number of amides is 1. The molecule has 0 unspecified atom stereocenters. The molecule has 0 bridgehead atoms. The molecule has 146 valence electrons. The third kappa shape index (κ3) is 4.93. The van der Waals surface area contributed by atoms with E-state index >= 15 is 0 Å². The zero-order valence-corrected chi connectivity index (χ0v) is 16.3. The van der Waals surface area contributed by atoms with Gasteiger partial charge >= 0.3 is 11.9 Å². The standard InChI is InChI=1S/C21H14Cl2N2O4/c22-13-7-10-15(17(23)11-13)19(26)25-18-4-2-1-3-16(18)21(28)29-20(27)12-5-8-14(24)9-6-12/h1-11H,24H2,(H,25,26). The number of esters is 2. The summed E-state index contributed by atoms with van der Waals surface area (Å²) in [6.45, 7) is 0. The van der Waals surface area contributed by atoms with Crippen molar-refractivity contribution >= 4 is 52.4 Å². The van der Waals surface area contributed by atoms with E-state index < -0.39 is 17.8 Å². The van der Waals surface area contributed by atoms with E-state index in [9.17, 15) is 14.4 Å². The SMILES string of the molecule is Nc1ccc(C(=O)OC(=O)c2ccccc2NC(=O)c2ccc(Cl)cc2Cl)cc1. The molecule has 0 fully saturated rings. The summed E-state index contributed by atoms with van der Waals surface area (Å²) >= 11 is 11.9. The van der Waals surface area contributed by atoms with Crippen molar-refractivity contribution in [3.05, 3.63) is 93.5 Å². The number of rotatable bonds is 4. The molecule has 0 saturated heterocycles. The highest BCUT2D eigenvalue weighted by Crippen LogP contribution is 2.23. The summed E-state index contributed by atoms with van der Waals surface area (Å²) in [5.74, 6) is -2.29. The molecule has 0 saturated carbocycles. The van der Waals surface area contributed by atoms with E-state index in [4.69, 9.17) is 33.7 Å². The number of hydrogen-bond donors (Lipinski definition) is 2.